The molecule has 1 aromatic heterocycles. The van der Waals surface area contributed by atoms with E-state index in [1.807, 2.05) is 24.3 Å². The molecule has 0 atom stereocenters. The number of nitrogens with zero attached hydrogens (tertiary/aromatic N) is 1. The van der Waals surface area contributed by atoms with Crippen molar-refractivity contribution in [1.29, 1.82) is 0 Å². The first kappa shape index (κ1) is 18.5. The molecule has 0 radical (unpaired) electrons. The van der Waals surface area contributed by atoms with E-state index < -0.39 is 0 Å². The van der Waals surface area contributed by atoms with Crippen LogP contribution in [0.2, 0.25) is 5.02 Å². The summed E-state index contributed by atoms with van der Waals surface area (Å²) in [6, 6.07) is 17.9. The van der Waals surface area contributed by atoms with Crippen LogP contribution in [0, 0.1) is 0 Å². The highest BCUT2D eigenvalue weighted by atomic mass is 79.9. The molecular weight excluding hydrogens is 444 g/mol. The fourth-order valence-electron chi connectivity index (χ4n) is 2.73. The van der Waals surface area contributed by atoms with Crippen molar-refractivity contribution >= 4 is 50.2 Å². The minimum Gasteiger partial charge on any atom is -0.497 e. The van der Waals surface area contributed by atoms with Crippen molar-refractivity contribution in [2.24, 2.45) is 0 Å². The highest BCUT2D eigenvalue weighted by Gasteiger charge is 2.13. The maximum absolute atomic E-state index is 12.5. The van der Waals surface area contributed by atoms with E-state index in [2.05, 4.69) is 26.2 Å². The number of nitrogens with one attached hydrogen (secondary N) is 1. The Balaban J connectivity index is 1.60. The molecule has 0 bridgehead atoms. The molecule has 4 aromatic rings. The highest BCUT2D eigenvalue weighted by molar-refractivity contribution is 9.10. The van der Waals surface area contributed by atoms with Gasteiger partial charge in [-0.2, -0.15) is 0 Å². The van der Waals surface area contributed by atoms with Crippen LogP contribution in [-0.2, 0) is 0 Å². The average Bonchev–Trinajstić information content (AvgIpc) is 3.13. The molecule has 5 nitrogen and oxygen atoms in total. The molecule has 1 heterocycles. The Labute approximate surface area is 174 Å². The fraction of sp³-hybridized carbons (Fsp3) is 0.0476. The number of ether oxygens (including phenoxy) is 1. The van der Waals surface area contributed by atoms with Gasteiger partial charge in [-0.25, -0.2) is 4.98 Å². The Kier molecular flexibility index (Phi) is 5.07. The van der Waals surface area contributed by atoms with Gasteiger partial charge in [-0.1, -0.05) is 27.5 Å². The van der Waals surface area contributed by atoms with Crippen molar-refractivity contribution in [3.05, 3.63) is 75.7 Å². The molecule has 1 amide bonds. The standard InChI is InChI=1S/C21H14BrClN2O3/c1-27-15-6-2-12(3-7-15)21-25-18-11-14(5-9-19(18)28-21)24-20(26)16-10-13(22)4-8-17(16)23/h2-11H,1H3,(H,24,26). The number of hydrogen-bond donors (Lipinski definition) is 1. The number of aromatic nitrogens is 1. The summed E-state index contributed by atoms with van der Waals surface area (Å²) in [5, 5.41) is 3.22. The SMILES string of the molecule is COc1ccc(-c2nc3cc(NC(=O)c4cc(Br)ccc4Cl)ccc3o2)cc1. The van der Waals surface area contributed by atoms with Crippen molar-refractivity contribution in [3.63, 3.8) is 0 Å². The van der Waals surface area contributed by atoms with Crippen LogP contribution in [0.1, 0.15) is 10.4 Å². The lowest BCUT2D eigenvalue weighted by atomic mass is 10.2. The predicted molar refractivity (Wildman–Crippen MR) is 113 cm³/mol. The Bertz CT molecular complexity index is 1170. The van der Waals surface area contributed by atoms with Crippen LogP contribution in [0.3, 0.4) is 0 Å². The molecule has 0 saturated heterocycles. The molecule has 0 aliphatic carbocycles. The maximum atomic E-state index is 12.5. The number of fused-ring (bicyclic) bond motifs is 1. The van der Waals surface area contributed by atoms with Gasteiger partial charge in [-0.3, -0.25) is 4.79 Å². The largest absolute Gasteiger partial charge is 0.497 e. The molecule has 3 aromatic carbocycles. The number of methoxy groups -OCH3 is 1. The molecular formula is C21H14BrClN2O3. The second kappa shape index (κ2) is 7.66. The summed E-state index contributed by atoms with van der Waals surface area (Å²) in [6.07, 6.45) is 0. The van der Waals surface area contributed by atoms with Crippen molar-refractivity contribution in [1.82, 2.24) is 4.98 Å². The molecule has 0 aliphatic rings. The zero-order valence-electron chi connectivity index (χ0n) is 14.7. The average molecular weight is 458 g/mol. The molecule has 7 heteroatoms. The van der Waals surface area contributed by atoms with E-state index in [1.165, 1.54) is 0 Å². The van der Waals surface area contributed by atoms with Gasteiger partial charge in [-0.05, 0) is 60.7 Å². The van der Waals surface area contributed by atoms with Gasteiger partial charge in [0.25, 0.3) is 5.91 Å². The first-order valence-electron chi connectivity index (χ1n) is 8.35. The lowest BCUT2D eigenvalue weighted by Crippen LogP contribution is -2.12. The molecule has 0 aliphatic heterocycles. The van der Waals surface area contributed by atoms with E-state index in [4.69, 9.17) is 20.8 Å². The fourth-order valence-corrected chi connectivity index (χ4v) is 3.30. The molecule has 28 heavy (non-hydrogen) atoms. The van der Waals surface area contributed by atoms with Crippen molar-refractivity contribution < 1.29 is 13.9 Å². The van der Waals surface area contributed by atoms with E-state index in [1.54, 1.807) is 43.5 Å². The van der Waals surface area contributed by atoms with E-state index in [-0.39, 0.29) is 5.91 Å². The summed E-state index contributed by atoms with van der Waals surface area (Å²) in [5.74, 6) is 0.955. The first-order chi connectivity index (χ1) is 13.5. The van der Waals surface area contributed by atoms with E-state index in [0.29, 0.717) is 33.3 Å². The van der Waals surface area contributed by atoms with Crippen molar-refractivity contribution in [2.75, 3.05) is 12.4 Å². The van der Waals surface area contributed by atoms with Crippen LogP contribution in [0.25, 0.3) is 22.6 Å². The predicted octanol–water partition coefficient (Wildman–Crippen LogP) is 6.17. The zero-order valence-corrected chi connectivity index (χ0v) is 17.0. The van der Waals surface area contributed by atoms with Crippen LogP contribution in [0.4, 0.5) is 5.69 Å². The van der Waals surface area contributed by atoms with Gasteiger partial charge in [0, 0.05) is 15.7 Å². The van der Waals surface area contributed by atoms with Gasteiger partial charge in [0.15, 0.2) is 5.58 Å². The Hall–Kier alpha value is -2.83. The summed E-state index contributed by atoms with van der Waals surface area (Å²) in [6.45, 7) is 0. The summed E-state index contributed by atoms with van der Waals surface area (Å²) in [5.41, 5.74) is 3.09. The topological polar surface area (TPSA) is 64.4 Å². The number of benzene rings is 3. The molecule has 0 unspecified atom stereocenters. The number of carbonyl (C=O) groups is 1. The Morgan fingerprint density at radius 2 is 1.89 bits per heavy atom. The minimum absolute atomic E-state index is 0.301. The smallest absolute Gasteiger partial charge is 0.257 e. The number of carbonyl (C=O) groups excluding carboxylic acids is 1. The molecule has 0 fully saturated rings. The maximum Gasteiger partial charge on any atom is 0.257 e. The number of amides is 1. The van der Waals surface area contributed by atoms with Gasteiger partial charge >= 0.3 is 0 Å². The van der Waals surface area contributed by atoms with Gasteiger partial charge < -0.3 is 14.5 Å². The number of rotatable bonds is 4. The van der Waals surface area contributed by atoms with Crippen molar-refractivity contribution in [3.8, 4) is 17.2 Å². The third kappa shape index (κ3) is 3.74. The van der Waals surface area contributed by atoms with E-state index in [9.17, 15) is 4.79 Å². The molecule has 4 rings (SSSR count). The van der Waals surface area contributed by atoms with Crippen LogP contribution in [-0.4, -0.2) is 18.0 Å². The third-order valence-corrected chi connectivity index (χ3v) is 4.98. The van der Waals surface area contributed by atoms with Gasteiger partial charge in [-0.15, -0.1) is 0 Å². The number of anilines is 1. The minimum atomic E-state index is -0.301. The molecule has 1 N–H and O–H groups in total. The highest BCUT2D eigenvalue weighted by Crippen LogP contribution is 2.28. The van der Waals surface area contributed by atoms with Crippen LogP contribution >= 0.6 is 27.5 Å². The monoisotopic (exact) mass is 456 g/mol. The lowest BCUT2D eigenvalue weighted by Gasteiger charge is -2.07. The Morgan fingerprint density at radius 1 is 1.11 bits per heavy atom. The summed E-state index contributed by atoms with van der Waals surface area (Å²) >= 11 is 9.47. The second-order valence-electron chi connectivity index (χ2n) is 6.01. The number of hydrogen-bond acceptors (Lipinski definition) is 4. The lowest BCUT2D eigenvalue weighted by molar-refractivity contribution is 0.102. The normalized spacial score (nSPS) is 10.8. The third-order valence-electron chi connectivity index (χ3n) is 4.16. The van der Waals surface area contributed by atoms with Gasteiger partial charge in [0.05, 0.1) is 17.7 Å². The van der Waals surface area contributed by atoms with E-state index in [0.717, 1.165) is 15.8 Å². The van der Waals surface area contributed by atoms with Crippen LogP contribution in [0.15, 0.2) is 69.6 Å². The number of oxazole rings is 1. The molecule has 0 spiro atoms. The number of halogens is 2. The summed E-state index contributed by atoms with van der Waals surface area (Å²) in [4.78, 5) is 17.1. The summed E-state index contributed by atoms with van der Waals surface area (Å²) < 4.78 is 11.8. The van der Waals surface area contributed by atoms with Gasteiger partial charge in [0.2, 0.25) is 5.89 Å². The van der Waals surface area contributed by atoms with E-state index >= 15 is 0 Å². The summed E-state index contributed by atoms with van der Waals surface area (Å²) in [7, 11) is 1.62. The van der Waals surface area contributed by atoms with Crippen LogP contribution < -0.4 is 10.1 Å². The first-order valence-corrected chi connectivity index (χ1v) is 9.52. The quantitative estimate of drug-likeness (QED) is 0.398. The second-order valence-corrected chi connectivity index (χ2v) is 7.33. The van der Waals surface area contributed by atoms with Gasteiger partial charge in [0.1, 0.15) is 11.3 Å². The van der Waals surface area contributed by atoms with Crippen molar-refractivity contribution in [2.45, 2.75) is 0 Å². The Morgan fingerprint density at radius 3 is 2.64 bits per heavy atom. The van der Waals surface area contributed by atoms with Crippen LogP contribution in [0.5, 0.6) is 5.75 Å². The molecule has 140 valence electrons. The zero-order chi connectivity index (χ0) is 19.7. The molecule has 0 saturated carbocycles.